The second-order valence-corrected chi connectivity index (χ2v) is 8.62. The van der Waals surface area contributed by atoms with Crippen molar-refractivity contribution in [2.24, 2.45) is 5.92 Å². The fourth-order valence-corrected chi connectivity index (χ4v) is 3.89. The Bertz CT molecular complexity index is 1060. The summed E-state index contributed by atoms with van der Waals surface area (Å²) in [5.41, 5.74) is 0.707. The molecule has 1 aliphatic rings. The van der Waals surface area contributed by atoms with Gasteiger partial charge in [-0.25, -0.2) is 13.6 Å². The number of benzene rings is 1. The van der Waals surface area contributed by atoms with E-state index in [2.05, 4.69) is 23.7 Å². The maximum absolute atomic E-state index is 13.7. The summed E-state index contributed by atoms with van der Waals surface area (Å²) in [6.45, 7) is 9.76. The van der Waals surface area contributed by atoms with Crippen LogP contribution in [0.1, 0.15) is 54.5 Å². The number of ketones is 1. The van der Waals surface area contributed by atoms with Gasteiger partial charge in [0.05, 0.1) is 6.54 Å². The van der Waals surface area contributed by atoms with Gasteiger partial charge in [-0.05, 0) is 56.9 Å². The minimum atomic E-state index is -1.58. The van der Waals surface area contributed by atoms with E-state index in [0.717, 1.165) is 41.4 Å². The summed E-state index contributed by atoms with van der Waals surface area (Å²) in [6, 6.07) is 4.03. The predicted molar refractivity (Wildman–Crippen MR) is 112 cm³/mol. The second-order valence-electron chi connectivity index (χ2n) is 8.62. The van der Waals surface area contributed by atoms with Gasteiger partial charge in [-0.2, -0.15) is 0 Å². The molecular weight excluding hydrogens is 404 g/mol. The fraction of sp³-hybridized carbons (Fsp3) is 0.435. The molecule has 0 saturated carbocycles. The molecular formula is C23H27F2N3O3. The number of aryl methyl sites for hydroxylation is 1. The topological polar surface area (TPSA) is 71.4 Å². The molecule has 1 fully saturated rings. The van der Waals surface area contributed by atoms with E-state index in [1.807, 2.05) is 13.8 Å². The Kier molecular flexibility index (Phi) is 6.02. The van der Waals surface area contributed by atoms with Crippen LogP contribution >= 0.6 is 0 Å². The van der Waals surface area contributed by atoms with Crippen molar-refractivity contribution in [1.82, 2.24) is 14.8 Å². The van der Waals surface area contributed by atoms with Crippen LogP contribution in [0.2, 0.25) is 0 Å². The Hall–Kier alpha value is -3.03. The third kappa shape index (κ3) is 4.11. The normalized spacial score (nSPS) is 18.8. The lowest BCUT2D eigenvalue weighted by Gasteiger charge is -2.22. The highest BCUT2D eigenvalue weighted by Crippen LogP contribution is 2.30. The molecule has 1 aromatic carbocycles. The quantitative estimate of drug-likeness (QED) is 0.530. The van der Waals surface area contributed by atoms with Crippen LogP contribution in [0.4, 0.5) is 13.6 Å². The van der Waals surface area contributed by atoms with Crippen molar-refractivity contribution in [2.45, 2.75) is 53.1 Å². The summed E-state index contributed by atoms with van der Waals surface area (Å²) >= 11 is 0. The van der Waals surface area contributed by atoms with Crippen LogP contribution in [-0.4, -0.2) is 33.7 Å². The van der Waals surface area contributed by atoms with Gasteiger partial charge in [-0.1, -0.05) is 19.9 Å². The standard InChI is InChI=1S/C23H27F2N3O3/c1-13(2)8-9-27-14(3)10-17(15(27)4)20(29)12-28-21(30)23(5,26-22(28)31)16-6-7-18(24)19(25)11-16/h6-7,10-11,13H,8-9,12H2,1-5H3,(H,26,31). The number of aromatic nitrogens is 1. The van der Waals surface area contributed by atoms with E-state index in [1.165, 1.54) is 13.0 Å². The number of hydrogen-bond donors (Lipinski definition) is 1. The summed E-state index contributed by atoms with van der Waals surface area (Å²) in [5.74, 6) is -2.71. The summed E-state index contributed by atoms with van der Waals surface area (Å²) in [5, 5.41) is 2.50. The van der Waals surface area contributed by atoms with E-state index in [0.29, 0.717) is 11.5 Å². The van der Waals surface area contributed by atoms with Gasteiger partial charge in [0.1, 0.15) is 5.54 Å². The SMILES string of the molecule is Cc1cc(C(=O)CN2C(=O)NC(C)(c3ccc(F)c(F)c3)C2=O)c(C)n1CCC(C)C. The number of hydrogen-bond acceptors (Lipinski definition) is 3. The van der Waals surface area contributed by atoms with E-state index >= 15 is 0 Å². The lowest BCUT2D eigenvalue weighted by atomic mass is 9.92. The Morgan fingerprint density at radius 2 is 1.81 bits per heavy atom. The van der Waals surface area contributed by atoms with Crippen LogP contribution in [0.15, 0.2) is 24.3 Å². The van der Waals surface area contributed by atoms with Gasteiger partial charge in [0.2, 0.25) is 0 Å². The third-order valence-electron chi connectivity index (χ3n) is 5.88. The number of nitrogens with zero attached hydrogens (tertiary/aromatic N) is 2. The number of rotatable bonds is 7. The van der Waals surface area contributed by atoms with Crippen LogP contribution in [0, 0.1) is 31.4 Å². The van der Waals surface area contributed by atoms with Crippen LogP contribution in [0.3, 0.4) is 0 Å². The van der Waals surface area contributed by atoms with Gasteiger partial charge in [0.15, 0.2) is 17.4 Å². The number of carbonyl (C=O) groups is 3. The molecule has 1 saturated heterocycles. The van der Waals surface area contributed by atoms with Crippen LogP contribution in [-0.2, 0) is 16.9 Å². The molecule has 2 heterocycles. The molecule has 1 aromatic heterocycles. The third-order valence-corrected chi connectivity index (χ3v) is 5.88. The lowest BCUT2D eigenvalue weighted by Crippen LogP contribution is -2.41. The molecule has 1 unspecified atom stereocenters. The van der Waals surface area contributed by atoms with Gasteiger partial charge in [-0.15, -0.1) is 0 Å². The maximum Gasteiger partial charge on any atom is 0.325 e. The first-order valence-corrected chi connectivity index (χ1v) is 10.2. The summed E-state index contributed by atoms with van der Waals surface area (Å²) in [7, 11) is 0. The molecule has 3 rings (SSSR count). The summed E-state index contributed by atoms with van der Waals surface area (Å²) in [4.78, 5) is 39.3. The molecule has 1 N–H and O–H groups in total. The Balaban J connectivity index is 1.82. The highest BCUT2D eigenvalue weighted by molar-refractivity contribution is 6.11. The zero-order valence-corrected chi connectivity index (χ0v) is 18.4. The molecule has 3 amide bonds. The smallest absolute Gasteiger partial charge is 0.325 e. The van der Waals surface area contributed by atoms with Crippen molar-refractivity contribution in [3.05, 3.63) is 58.4 Å². The fourth-order valence-electron chi connectivity index (χ4n) is 3.89. The van der Waals surface area contributed by atoms with Gasteiger partial charge in [-0.3, -0.25) is 14.5 Å². The van der Waals surface area contributed by atoms with Gasteiger partial charge in [0.25, 0.3) is 5.91 Å². The van der Waals surface area contributed by atoms with Crippen molar-refractivity contribution in [3.63, 3.8) is 0 Å². The first-order chi connectivity index (χ1) is 14.5. The molecule has 1 aliphatic heterocycles. The lowest BCUT2D eigenvalue weighted by molar-refractivity contribution is -0.130. The summed E-state index contributed by atoms with van der Waals surface area (Å²) < 4.78 is 29.0. The predicted octanol–water partition coefficient (Wildman–Crippen LogP) is 4.08. The van der Waals surface area contributed by atoms with Crippen molar-refractivity contribution in [3.8, 4) is 0 Å². The zero-order chi connectivity index (χ0) is 23.1. The molecule has 2 aromatic rings. The molecule has 166 valence electrons. The number of urea groups is 1. The van der Waals surface area contributed by atoms with Crippen LogP contribution in [0.5, 0.6) is 0 Å². The molecule has 0 spiro atoms. The van der Waals surface area contributed by atoms with Gasteiger partial charge in [0, 0.05) is 23.5 Å². The molecule has 31 heavy (non-hydrogen) atoms. The van der Waals surface area contributed by atoms with Crippen molar-refractivity contribution >= 4 is 17.7 Å². The van der Waals surface area contributed by atoms with Gasteiger partial charge >= 0.3 is 6.03 Å². The molecule has 6 nitrogen and oxygen atoms in total. The highest BCUT2D eigenvalue weighted by Gasteiger charge is 2.49. The van der Waals surface area contributed by atoms with Gasteiger partial charge < -0.3 is 9.88 Å². The molecule has 1 atom stereocenters. The molecule has 0 radical (unpaired) electrons. The Morgan fingerprint density at radius 3 is 2.42 bits per heavy atom. The maximum atomic E-state index is 13.7. The molecule has 8 heteroatoms. The average molecular weight is 431 g/mol. The van der Waals surface area contributed by atoms with E-state index in [-0.39, 0.29) is 11.3 Å². The first kappa shape index (κ1) is 22.7. The minimum Gasteiger partial charge on any atom is -0.348 e. The summed E-state index contributed by atoms with van der Waals surface area (Å²) in [6.07, 6.45) is 0.962. The number of imide groups is 1. The molecule has 0 aliphatic carbocycles. The van der Waals surface area contributed by atoms with Crippen molar-refractivity contribution < 1.29 is 23.2 Å². The Morgan fingerprint density at radius 1 is 1.13 bits per heavy atom. The number of halogens is 2. The molecule has 0 bridgehead atoms. The number of carbonyl (C=O) groups excluding carboxylic acids is 3. The second kappa shape index (κ2) is 8.24. The van der Waals surface area contributed by atoms with E-state index in [1.54, 1.807) is 6.07 Å². The zero-order valence-electron chi connectivity index (χ0n) is 18.4. The first-order valence-electron chi connectivity index (χ1n) is 10.2. The van der Waals surface area contributed by atoms with Crippen molar-refractivity contribution in [1.29, 1.82) is 0 Å². The van der Waals surface area contributed by atoms with Crippen molar-refractivity contribution in [2.75, 3.05) is 6.54 Å². The monoisotopic (exact) mass is 431 g/mol. The number of amides is 3. The van der Waals surface area contributed by atoms with E-state index in [9.17, 15) is 23.2 Å². The largest absolute Gasteiger partial charge is 0.348 e. The number of Topliss-reactive ketones (excluding diaryl/α,β-unsaturated/α-hetero) is 1. The highest BCUT2D eigenvalue weighted by atomic mass is 19.2. The average Bonchev–Trinajstić information content (AvgIpc) is 3.10. The van der Waals surface area contributed by atoms with Crippen LogP contribution in [0.25, 0.3) is 0 Å². The van der Waals surface area contributed by atoms with E-state index < -0.39 is 35.7 Å². The minimum absolute atomic E-state index is 0.103. The van der Waals surface area contributed by atoms with Crippen LogP contribution < -0.4 is 5.32 Å². The van der Waals surface area contributed by atoms with E-state index in [4.69, 9.17) is 0 Å². The Labute approximate surface area is 180 Å². The number of nitrogens with one attached hydrogen (secondary N) is 1.